The summed E-state index contributed by atoms with van der Waals surface area (Å²) in [6.07, 6.45) is 0. The quantitative estimate of drug-likeness (QED) is 0.584. The third-order valence-corrected chi connectivity index (χ3v) is 3.14. The van der Waals surface area contributed by atoms with E-state index in [-0.39, 0.29) is 11.4 Å². The van der Waals surface area contributed by atoms with Crippen LogP contribution in [0.1, 0.15) is 10.6 Å². The van der Waals surface area contributed by atoms with Crippen LogP contribution in [-0.2, 0) is 0 Å². The van der Waals surface area contributed by atoms with E-state index in [9.17, 15) is 14.9 Å². The Morgan fingerprint density at radius 2 is 1.90 bits per heavy atom. The average Bonchev–Trinajstić information content (AvgIpc) is 2.91. The molecule has 6 heteroatoms. The summed E-state index contributed by atoms with van der Waals surface area (Å²) in [6, 6.07) is 12.7. The van der Waals surface area contributed by atoms with Gasteiger partial charge < -0.3 is 9.52 Å². The highest BCUT2D eigenvalue weighted by Crippen LogP contribution is 2.32. The molecule has 21 heavy (non-hydrogen) atoms. The van der Waals surface area contributed by atoms with E-state index in [4.69, 9.17) is 9.52 Å². The predicted molar refractivity (Wildman–Crippen MR) is 75.3 cm³/mol. The molecule has 0 aliphatic rings. The zero-order valence-corrected chi connectivity index (χ0v) is 10.6. The molecule has 6 nitrogen and oxygen atoms in total. The van der Waals surface area contributed by atoms with Crippen molar-refractivity contribution >= 4 is 22.6 Å². The summed E-state index contributed by atoms with van der Waals surface area (Å²) >= 11 is 0. The molecule has 2 aromatic carbocycles. The number of carboxylic acid groups (broad SMARTS) is 1. The normalized spacial score (nSPS) is 10.7. The fourth-order valence-corrected chi connectivity index (χ4v) is 2.21. The number of nitrogens with zero attached hydrogens (tertiary/aromatic N) is 1. The minimum Gasteiger partial charge on any atom is -0.475 e. The van der Waals surface area contributed by atoms with Crippen molar-refractivity contribution in [3.05, 3.63) is 64.4 Å². The second kappa shape index (κ2) is 4.75. The van der Waals surface area contributed by atoms with Crippen LogP contribution in [0.5, 0.6) is 0 Å². The molecule has 0 radical (unpaired) electrons. The second-order valence-corrected chi connectivity index (χ2v) is 4.44. The lowest BCUT2D eigenvalue weighted by molar-refractivity contribution is -0.384. The van der Waals surface area contributed by atoms with E-state index >= 15 is 0 Å². The number of rotatable bonds is 3. The molecule has 0 aliphatic carbocycles. The van der Waals surface area contributed by atoms with Gasteiger partial charge in [-0.3, -0.25) is 10.1 Å². The lowest BCUT2D eigenvalue weighted by atomic mass is 10.0. The van der Waals surface area contributed by atoms with Crippen LogP contribution in [0.3, 0.4) is 0 Å². The molecule has 3 rings (SSSR count). The van der Waals surface area contributed by atoms with Crippen molar-refractivity contribution in [2.75, 3.05) is 0 Å². The van der Waals surface area contributed by atoms with Gasteiger partial charge in [-0.1, -0.05) is 24.3 Å². The number of carboxylic acids is 1. The molecule has 1 aromatic heterocycles. The molecular formula is C15H9NO5. The van der Waals surface area contributed by atoms with Crippen molar-refractivity contribution in [1.29, 1.82) is 0 Å². The number of benzene rings is 2. The standard InChI is InChI=1S/C15H9NO5/c17-15(18)14-8-12-11(5-2-6-13(12)21-14)9-3-1-4-10(7-9)16(19)20/h1-8H,(H,17,18). The topological polar surface area (TPSA) is 93.6 Å². The largest absolute Gasteiger partial charge is 0.475 e. The predicted octanol–water partition coefficient (Wildman–Crippen LogP) is 3.71. The number of aromatic carboxylic acids is 1. The van der Waals surface area contributed by atoms with Gasteiger partial charge in [-0.15, -0.1) is 0 Å². The molecular weight excluding hydrogens is 274 g/mol. The summed E-state index contributed by atoms with van der Waals surface area (Å²) in [5.74, 6) is -1.32. The van der Waals surface area contributed by atoms with Gasteiger partial charge in [0, 0.05) is 17.5 Å². The number of non-ortho nitro benzene ring substituents is 1. The Bertz CT molecular complexity index is 865. The highest BCUT2D eigenvalue weighted by atomic mass is 16.6. The Kier molecular flexibility index (Phi) is 2.91. The number of nitro benzene ring substituents is 1. The van der Waals surface area contributed by atoms with Crippen LogP contribution in [-0.4, -0.2) is 16.0 Å². The average molecular weight is 283 g/mol. The van der Waals surface area contributed by atoms with Gasteiger partial charge in [-0.2, -0.15) is 0 Å². The van der Waals surface area contributed by atoms with Crippen molar-refractivity contribution in [2.24, 2.45) is 0 Å². The van der Waals surface area contributed by atoms with E-state index in [1.807, 2.05) is 0 Å². The fourth-order valence-electron chi connectivity index (χ4n) is 2.21. The summed E-state index contributed by atoms with van der Waals surface area (Å²) in [6.45, 7) is 0. The van der Waals surface area contributed by atoms with Gasteiger partial charge in [0.15, 0.2) is 0 Å². The van der Waals surface area contributed by atoms with Gasteiger partial charge in [0.25, 0.3) is 5.69 Å². The summed E-state index contributed by atoms with van der Waals surface area (Å²) in [5.41, 5.74) is 1.72. The monoisotopic (exact) mass is 283 g/mol. The number of hydrogen-bond donors (Lipinski definition) is 1. The number of nitro groups is 1. The second-order valence-electron chi connectivity index (χ2n) is 4.44. The third kappa shape index (κ3) is 2.23. The SMILES string of the molecule is O=C(O)c1cc2c(-c3cccc([N+](=O)[O-])c3)cccc2o1. The van der Waals surface area contributed by atoms with Gasteiger partial charge in [-0.25, -0.2) is 4.79 Å². The van der Waals surface area contributed by atoms with E-state index < -0.39 is 10.9 Å². The van der Waals surface area contributed by atoms with Crippen LogP contribution in [0, 0.1) is 10.1 Å². The Balaban J connectivity index is 2.22. The Labute approximate surface area is 118 Å². The first-order valence-electron chi connectivity index (χ1n) is 6.07. The highest BCUT2D eigenvalue weighted by Gasteiger charge is 2.15. The summed E-state index contributed by atoms with van der Waals surface area (Å²) in [5, 5.41) is 20.4. The molecule has 104 valence electrons. The van der Waals surface area contributed by atoms with Gasteiger partial charge in [-0.05, 0) is 23.3 Å². The minimum atomic E-state index is -1.16. The van der Waals surface area contributed by atoms with E-state index in [0.29, 0.717) is 22.1 Å². The lowest BCUT2D eigenvalue weighted by Gasteiger charge is -2.02. The summed E-state index contributed by atoms with van der Waals surface area (Å²) in [7, 11) is 0. The molecule has 0 bridgehead atoms. The summed E-state index contributed by atoms with van der Waals surface area (Å²) in [4.78, 5) is 21.4. The van der Waals surface area contributed by atoms with Crippen molar-refractivity contribution in [3.63, 3.8) is 0 Å². The maximum atomic E-state index is 11.0. The molecule has 3 aromatic rings. The molecule has 0 saturated heterocycles. The number of furan rings is 1. The molecule has 1 N–H and O–H groups in total. The van der Waals surface area contributed by atoms with E-state index in [2.05, 4.69) is 0 Å². The fraction of sp³-hybridized carbons (Fsp3) is 0. The maximum Gasteiger partial charge on any atom is 0.371 e. The van der Waals surface area contributed by atoms with Crippen molar-refractivity contribution in [3.8, 4) is 11.1 Å². The molecule has 0 saturated carbocycles. The molecule has 0 atom stereocenters. The first-order chi connectivity index (χ1) is 10.1. The van der Waals surface area contributed by atoms with Gasteiger partial charge in [0.2, 0.25) is 5.76 Å². The number of carbonyl (C=O) groups is 1. The van der Waals surface area contributed by atoms with E-state index in [1.54, 1.807) is 30.3 Å². The molecule has 0 spiro atoms. The van der Waals surface area contributed by atoms with Crippen molar-refractivity contribution in [1.82, 2.24) is 0 Å². The van der Waals surface area contributed by atoms with Crippen molar-refractivity contribution in [2.45, 2.75) is 0 Å². The number of hydrogen-bond acceptors (Lipinski definition) is 4. The van der Waals surface area contributed by atoms with Crippen LogP contribution in [0.4, 0.5) is 5.69 Å². The molecule has 0 amide bonds. The first kappa shape index (κ1) is 12.9. The van der Waals surface area contributed by atoms with Crippen LogP contribution in [0.25, 0.3) is 22.1 Å². The van der Waals surface area contributed by atoms with Gasteiger partial charge >= 0.3 is 5.97 Å². The maximum absolute atomic E-state index is 11.0. The van der Waals surface area contributed by atoms with Gasteiger partial charge in [0.1, 0.15) is 5.58 Å². The van der Waals surface area contributed by atoms with Crippen molar-refractivity contribution < 1.29 is 19.2 Å². The summed E-state index contributed by atoms with van der Waals surface area (Å²) < 4.78 is 5.24. The zero-order valence-electron chi connectivity index (χ0n) is 10.6. The smallest absolute Gasteiger partial charge is 0.371 e. The Hall–Kier alpha value is -3.15. The van der Waals surface area contributed by atoms with Crippen LogP contribution in [0.15, 0.2) is 52.9 Å². The van der Waals surface area contributed by atoms with Crippen LogP contribution in [0.2, 0.25) is 0 Å². The van der Waals surface area contributed by atoms with E-state index in [0.717, 1.165) is 0 Å². The third-order valence-electron chi connectivity index (χ3n) is 3.14. The highest BCUT2D eigenvalue weighted by molar-refractivity contribution is 5.99. The lowest BCUT2D eigenvalue weighted by Crippen LogP contribution is -1.91. The van der Waals surface area contributed by atoms with Crippen LogP contribution >= 0.6 is 0 Å². The minimum absolute atomic E-state index is 0.0218. The molecule has 0 fully saturated rings. The first-order valence-corrected chi connectivity index (χ1v) is 6.07. The Morgan fingerprint density at radius 1 is 1.14 bits per heavy atom. The zero-order chi connectivity index (χ0) is 15.0. The van der Waals surface area contributed by atoms with Gasteiger partial charge in [0.05, 0.1) is 4.92 Å². The Morgan fingerprint density at radius 3 is 2.62 bits per heavy atom. The number of fused-ring (bicyclic) bond motifs is 1. The molecule has 0 aliphatic heterocycles. The molecule has 1 heterocycles. The van der Waals surface area contributed by atoms with E-state index in [1.165, 1.54) is 18.2 Å². The molecule has 0 unspecified atom stereocenters. The van der Waals surface area contributed by atoms with Crippen LogP contribution < -0.4 is 0 Å².